The molecule has 1 heterocycles. The van der Waals surface area contributed by atoms with E-state index in [4.69, 9.17) is 11.6 Å². The zero-order valence-corrected chi connectivity index (χ0v) is 21.0. The molecule has 1 amide bonds. The van der Waals surface area contributed by atoms with E-state index in [2.05, 4.69) is 20.7 Å². The van der Waals surface area contributed by atoms with Crippen molar-refractivity contribution in [2.24, 2.45) is 5.10 Å². The van der Waals surface area contributed by atoms with E-state index in [0.29, 0.717) is 16.5 Å². The van der Waals surface area contributed by atoms with Crippen molar-refractivity contribution in [3.8, 4) is 17.1 Å². The Morgan fingerprint density at radius 3 is 2.42 bits per heavy atom. The molecule has 0 atom stereocenters. The largest absolute Gasteiger partial charge is 0.272 e. The highest BCUT2D eigenvalue weighted by atomic mass is 35.5. The molecule has 0 saturated carbocycles. The monoisotopic (exact) mass is 520 g/mol. The van der Waals surface area contributed by atoms with Gasteiger partial charge in [-0.2, -0.15) is 5.10 Å². The number of rotatable bonds is 8. The molecule has 4 rings (SSSR count). The van der Waals surface area contributed by atoms with Crippen molar-refractivity contribution in [3.05, 3.63) is 98.6 Å². The average Bonchev–Trinajstić information content (AvgIpc) is 3.28. The number of nitro groups is 1. The maximum absolute atomic E-state index is 12.4. The van der Waals surface area contributed by atoms with Crippen LogP contribution in [0.1, 0.15) is 16.7 Å². The Kier molecular flexibility index (Phi) is 7.77. The number of aromatic nitrogens is 3. The zero-order chi connectivity index (χ0) is 25.7. The average molecular weight is 521 g/mol. The second kappa shape index (κ2) is 11.1. The summed E-state index contributed by atoms with van der Waals surface area (Å²) >= 11 is 7.27. The molecule has 0 saturated heterocycles. The molecule has 4 aromatic rings. The first kappa shape index (κ1) is 25.1. The van der Waals surface area contributed by atoms with Crippen LogP contribution in [-0.4, -0.2) is 37.6 Å². The maximum atomic E-state index is 12.4. The summed E-state index contributed by atoms with van der Waals surface area (Å²) < 4.78 is 1.91. The van der Waals surface area contributed by atoms with Crippen LogP contribution in [0.5, 0.6) is 0 Å². The number of hydrogen-bond donors (Lipinski definition) is 1. The number of nitrogens with zero attached hydrogens (tertiary/aromatic N) is 5. The van der Waals surface area contributed by atoms with Gasteiger partial charge in [-0.05, 0) is 32.0 Å². The van der Waals surface area contributed by atoms with E-state index >= 15 is 0 Å². The Hall–Kier alpha value is -4.02. The van der Waals surface area contributed by atoms with Crippen LogP contribution in [0.4, 0.5) is 5.69 Å². The number of hydrogen-bond acceptors (Lipinski definition) is 7. The van der Waals surface area contributed by atoms with Crippen molar-refractivity contribution in [2.75, 3.05) is 5.75 Å². The SMILES string of the molecule is Cc1ccc(-c2nnc(SCC(=O)NN=Cc3cc([N+](=O)[O-])ccc3Cl)n2-c2ccc(C)cc2)cc1. The minimum Gasteiger partial charge on any atom is -0.272 e. The molecule has 1 N–H and O–H groups in total. The van der Waals surface area contributed by atoms with Gasteiger partial charge in [0.1, 0.15) is 0 Å². The number of non-ortho nitro benzene ring substituents is 1. The van der Waals surface area contributed by atoms with Gasteiger partial charge in [0.25, 0.3) is 11.6 Å². The van der Waals surface area contributed by atoms with E-state index in [-0.39, 0.29) is 22.4 Å². The quantitative estimate of drug-likeness (QED) is 0.145. The highest BCUT2D eigenvalue weighted by molar-refractivity contribution is 7.99. The minimum atomic E-state index is -0.530. The van der Waals surface area contributed by atoms with E-state index in [1.165, 1.54) is 36.2 Å². The third-order valence-electron chi connectivity index (χ3n) is 5.15. The Morgan fingerprint density at radius 2 is 1.75 bits per heavy atom. The summed E-state index contributed by atoms with van der Waals surface area (Å²) in [4.78, 5) is 22.9. The molecular weight excluding hydrogens is 500 g/mol. The summed E-state index contributed by atoms with van der Waals surface area (Å²) in [6.07, 6.45) is 1.27. The smallest absolute Gasteiger partial charge is 0.270 e. The second-order valence-electron chi connectivity index (χ2n) is 7.89. The van der Waals surface area contributed by atoms with E-state index in [1.807, 2.05) is 66.9 Å². The second-order valence-corrected chi connectivity index (χ2v) is 9.24. The van der Waals surface area contributed by atoms with Gasteiger partial charge in [0.05, 0.1) is 16.9 Å². The van der Waals surface area contributed by atoms with Crippen molar-refractivity contribution >= 4 is 41.2 Å². The number of aryl methyl sites for hydroxylation is 2. The standard InChI is InChI=1S/C25H21ClN6O3S/c1-16-3-7-18(8-4-16)24-29-30-25(31(24)20-9-5-17(2)6-10-20)36-15-23(33)28-27-14-19-13-21(32(34)35)11-12-22(19)26/h3-14H,15H2,1-2H3,(H,28,33). The molecule has 11 heteroatoms. The molecule has 9 nitrogen and oxygen atoms in total. The summed E-state index contributed by atoms with van der Waals surface area (Å²) in [7, 11) is 0. The molecule has 1 aromatic heterocycles. The first-order valence-corrected chi connectivity index (χ1v) is 12.2. The van der Waals surface area contributed by atoms with Crippen LogP contribution < -0.4 is 5.43 Å². The molecule has 3 aromatic carbocycles. The molecule has 0 aliphatic carbocycles. The fraction of sp³-hybridized carbons (Fsp3) is 0.120. The highest BCUT2D eigenvalue weighted by Gasteiger charge is 2.17. The zero-order valence-electron chi connectivity index (χ0n) is 19.4. The Bertz CT molecular complexity index is 1440. The fourth-order valence-electron chi connectivity index (χ4n) is 3.26. The molecule has 0 aliphatic rings. The molecular formula is C25H21ClN6O3S. The third kappa shape index (κ3) is 5.96. The van der Waals surface area contributed by atoms with Crippen LogP contribution in [0.2, 0.25) is 5.02 Å². The summed E-state index contributed by atoms with van der Waals surface area (Å²) in [5, 5.41) is 24.4. The van der Waals surface area contributed by atoms with Gasteiger partial charge < -0.3 is 0 Å². The van der Waals surface area contributed by atoms with Crippen molar-refractivity contribution < 1.29 is 9.72 Å². The summed E-state index contributed by atoms with van der Waals surface area (Å²) in [6, 6.07) is 19.9. The number of halogens is 1. The van der Waals surface area contributed by atoms with E-state index in [9.17, 15) is 14.9 Å². The number of nitrogens with one attached hydrogen (secondary N) is 1. The Balaban J connectivity index is 1.50. The topological polar surface area (TPSA) is 115 Å². The van der Waals surface area contributed by atoms with Gasteiger partial charge in [-0.1, -0.05) is 70.9 Å². The number of amides is 1. The molecule has 0 fully saturated rings. The first-order chi connectivity index (χ1) is 17.3. The number of carbonyl (C=O) groups excluding carboxylic acids is 1. The number of carbonyl (C=O) groups is 1. The first-order valence-electron chi connectivity index (χ1n) is 10.8. The van der Waals surface area contributed by atoms with Gasteiger partial charge in [-0.15, -0.1) is 10.2 Å². The molecule has 0 unspecified atom stereocenters. The predicted octanol–water partition coefficient (Wildman–Crippen LogP) is 5.36. The lowest BCUT2D eigenvalue weighted by Gasteiger charge is -2.11. The van der Waals surface area contributed by atoms with Crippen molar-refractivity contribution in [1.82, 2.24) is 20.2 Å². The van der Waals surface area contributed by atoms with Gasteiger partial charge in [0.15, 0.2) is 11.0 Å². The van der Waals surface area contributed by atoms with Crippen molar-refractivity contribution in [1.29, 1.82) is 0 Å². The molecule has 182 valence electrons. The molecule has 0 radical (unpaired) electrons. The van der Waals surface area contributed by atoms with Crippen molar-refractivity contribution in [2.45, 2.75) is 19.0 Å². The van der Waals surface area contributed by atoms with Gasteiger partial charge in [0.2, 0.25) is 0 Å². The minimum absolute atomic E-state index is 0.0257. The molecule has 0 aliphatic heterocycles. The van der Waals surface area contributed by atoms with Crippen LogP contribution in [0.25, 0.3) is 17.1 Å². The van der Waals surface area contributed by atoms with E-state index in [0.717, 1.165) is 22.4 Å². The van der Waals surface area contributed by atoms with E-state index < -0.39 is 4.92 Å². The number of nitro benzene ring substituents is 1. The third-order valence-corrected chi connectivity index (χ3v) is 6.42. The van der Waals surface area contributed by atoms with Gasteiger partial charge in [0, 0.05) is 34.0 Å². The Morgan fingerprint density at radius 1 is 1.08 bits per heavy atom. The van der Waals surface area contributed by atoms with Gasteiger partial charge >= 0.3 is 0 Å². The predicted molar refractivity (Wildman–Crippen MR) is 141 cm³/mol. The Labute approximate surface area is 216 Å². The lowest BCUT2D eigenvalue weighted by molar-refractivity contribution is -0.384. The van der Waals surface area contributed by atoms with Gasteiger partial charge in [-0.25, -0.2) is 5.43 Å². The highest BCUT2D eigenvalue weighted by Crippen LogP contribution is 2.28. The summed E-state index contributed by atoms with van der Waals surface area (Å²) in [5.74, 6) is 0.311. The molecule has 36 heavy (non-hydrogen) atoms. The molecule has 0 spiro atoms. The van der Waals surface area contributed by atoms with E-state index in [1.54, 1.807) is 0 Å². The van der Waals surface area contributed by atoms with Gasteiger partial charge in [-0.3, -0.25) is 19.5 Å². The normalized spacial score (nSPS) is 11.1. The number of hydrazone groups is 1. The number of thioether (sulfide) groups is 1. The summed E-state index contributed by atoms with van der Waals surface area (Å²) in [6.45, 7) is 4.03. The van der Waals surface area contributed by atoms with Crippen LogP contribution in [-0.2, 0) is 4.79 Å². The lowest BCUT2D eigenvalue weighted by atomic mass is 10.1. The maximum Gasteiger partial charge on any atom is 0.270 e. The fourth-order valence-corrected chi connectivity index (χ4v) is 4.17. The van der Waals surface area contributed by atoms with Crippen LogP contribution >= 0.6 is 23.4 Å². The van der Waals surface area contributed by atoms with Crippen LogP contribution in [0.15, 0.2) is 77.0 Å². The number of benzene rings is 3. The van der Waals surface area contributed by atoms with Crippen LogP contribution in [0.3, 0.4) is 0 Å². The van der Waals surface area contributed by atoms with Crippen molar-refractivity contribution in [3.63, 3.8) is 0 Å². The lowest BCUT2D eigenvalue weighted by Crippen LogP contribution is -2.20. The molecule has 0 bridgehead atoms. The summed E-state index contributed by atoms with van der Waals surface area (Å²) in [5.41, 5.74) is 6.65. The van der Waals surface area contributed by atoms with Crippen LogP contribution in [0, 0.1) is 24.0 Å².